The summed E-state index contributed by atoms with van der Waals surface area (Å²) in [5.41, 5.74) is 12.8. The molecule has 0 bridgehead atoms. The third-order valence-corrected chi connectivity index (χ3v) is 11.0. The van der Waals surface area contributed by atoms with Crippen LogP contribution in [0.5, 0.6) is 0 Å². The van der Waals surface area contributed by atoms with Gasteiger partial charge in [0.25, 0.3) is 0 Å². The summed E-state index contributed by atoms with van der Waals surface area (Å²) in [6, 6.07) is 68.7. The molecule has 0 amide bonds. The second-order valence-corrected chi connectivity index (χ2v) is 14.6. The summed E-state index contributed by atoms with van der Waals surface area (Å²) < 4.78 is 2.32. The van der Waals surface area contributed by atoms with E-state index >= 15 is 0 Å². The summed E-state index contributed by atoms with van der Waals surface area (Å²) in [5, 5.41) is 31.2. The van der Waals surface area contributed by atoms with Gasteiger partial charge < -0.3 is 4.57 Å². The molecule has 0 aliphatic heterocycles. The van der Waals surface area contributed by atoms with Crippen LogP contribution in [0.25, 0.3) is 95.0 Å². The lowest BCUT2D eigenvalue weighted by Crippen LogP contribution is -2.04. The van der Waals surface area contributed by atoms with Crippen LogP contribution in [0.15, 0.2) is 188 Å². The van der Waals surface area contributed by atoms with Crippen LogP contribution in [0.2, 0.25) is 0 Å². The normalized spacial score (nSPS) is 10.9. The maximum absolute atomic E-state index is 9.83. The van der Waals surface area contributed by atoms with Gasteiger partial charge >= 0.3 is 0 Å². The van der Waals surface area contributed by atoms with E-state index in [2.05, 4.69) is 77.4 Å². The Morgan fingerprint density at radius 2 is 0.738 bits per heavy atom. The number of rotatable bonds is 7. The average Bonchev–Trinajstić information content (AvgIpc) is 3.67. The van der Waals surface area contributed by atoms with Gasteiger partial charge in [-0.05, 0) is 89.0 Å². The molecule has 0 N–H and O–H groups in total. The molecule has 0 aliphatic rings. The Morgan fingerprint density at radius 3 is 1.23 bits per heavy atom. The van der Waals surface area contributed by atoms with E-state index in [-0.39, 0.29) is 0 Å². The minimum Gasteiger partial charge on any atom is -0.308 e. The van der Waals surface area contributed by atoms with Gasteiger partial charge in [-0.3, -0.25) is 0 Å². The first-order valence-corrected chi connectivity index (χ1v) is 19.7. The molecule has 2 aromatic heterocycles. The van der Waals surface area contributed by atoms with E-state index in [0.717, 1.165) is 77.6 Å². The summed E-state index contributed by atoms with van der Waals surface area (Å²) in [6.07, 6.45) is 0. The largest absolute Gasteiger partial charge is 0.308 e. The van der Waals surface area contributed by atoms with Gasteiger partial charge in [0.1, 0.15) is 0 Å². The van der Waals surface area contributed by atoms with Gasteiger partial charge in [0.15, 0.2) is 17.5 Å². The summed E-state index contributed by atoms with van der Waals surface area (Å²) in [6.45, 7) is 0. The standard InChI is InChI=1S/C54H31N7/c55-32-35-15-21-38(22-16-35)43-27-28-50-48(29-43)45-13-7-8-14-49(45)61(50)51-46(39-23-17-36(33-56)18-24-39)30-44(31-47(51)40-25-19-37(34-57)20-26-40)54-59-52(41-9-3-1-4-10-41)58-53(60-54)42-11-5-2-6-12-42/h1-31H. The zero-order valence-electron chi connectivity index (χ0n) is 32.5. The van der Waals surface area contributed by atoms with Crippen LogP contribution in [0.4, 0.5) is 0 Å². The van der Waals surface area contributed by atoms with Crippen molar-refractivity contribution in [2.24, 2.45) is 0 Å². The third kappa shape index (κ3) is 6.73. The van der Waals surface area contributed by atoms with Crippen LogP contribution in [-0.4, -0.2) is 19.5 Å². The highest BCUT2D eigenvalue weighted by molar-refractivity contribution is 6.12. The van der Waals surface area contributed by atoms with Gasteiger partial charge in [0.2, 0.25) is 0 Å². The van der Waals surface area contributed by atoms with Crippen molar-refractivity contribution in [3.63, 3.8) is 0 Å². The van der Waals surface area contributed by atoms with Gasteiger partial charge in [-0.15, -0.1) is 0 Å². The molecule has 10 rings (SSSR count). The zero-order valence-corrected chi connectivity index (χ0v) is 32.5. The van der Waals surface area contributed by atoms with Crippen molar-refractivity contribution >= 4 is 21.8 Å². The summed E-state index contributed by atoms with van der Waals surface area (Å²) >= 11 is 0. The van der Waals surface area contributed by atoms with Crippen molar-refractivity contribution in [3.8, 4) is 91.4 Å². The Balaban J connectivity index is 1.30. The molecule has 0 fully saturated rings. The Bertz CT molecular complexity index is 3270. The van der Waals surface area contributed by atoms with Crippen LogP contribution in [0, 0.1) is 34.0 Å². The van der Waals surface area contributed by atoms with Crippen LogP contribution < -0.4 is 0 Å². The molecule has 2 heterocycles. The quantitative estimate of drug-likeness (QED) is 0.159. The lowest BCUT2D eigenvalue weighted by atomic mass is 9.91. The van der Waals surface area contributed by atoms with Gasteiger partial charge in [0, 0.05) is 38.6 Å². The maximum atomic E-state index is 9.83. The molecule has 7 nitrogen and oxygen atoms in total. The fraction of sp³-hybridized carbons (Fsp3) is 0. The first kappa shape index (κ1) is 36.4. The highest BCUT2D eigenvalue weighted by Gasteiger charge is 2.23. The predicted octanol–water partition coefficient (Wildman–Crippen LogP) is 12.6. The zero-order chi connectivity index (χ0) is 41.3. The van der Waals surface area contributed by atoms with Crippen LogP contribution >= 0.6 is 0 Å². The molecule has 10 aromatic rings. The summed E-state index contributed by atoms with van der Waals surface area (Å²) in [5.74, 6) is 1.60. The van der Waals surface area contributed by atoms with Gasteiger partial charge in [-0.25, -0.2) is 15.0 Å². The van der Waals surface area contributed by atoms with E-state index < -0.39 is 0 Å². The number of hydrogen-bond acceptors (Lipinski definition) is 6. The molecule has 0 spiro atoms. The molecular weight excluding hydrogens is 747 g/mol. The molecule has 0 saturated carbocycles. The lowest BCUT2D eigenvalue weighted by Gasteiger charge is -2.21. The minimum atomic E-state index is 0.498. The highest BCUT2D eigenvalue weighted by Crippen LogP contribution is 2.44. The van der Waals surface area contributed by atoms with E-state index in [4.69, 9.17) is 15.0 Å². The Morgan fingerprint density at radius 1 is 0.328 bits per heavy atom. The lowest BCUT2D eigenvalue weighted by molar-refractivity contribution is 1.07. The highest BCUT2D eigenvalue weighted by atomic mass is 15.0. The Hall–Kier alpha value is -8.96. The van der Waals surface area contributed by atoms with E-state index in [9.17, 15) is 15.8 Å². The van der Waals surface area contributed by atoms with Crippen molar-refractivity contribution < 1.29 is 0 Å². The smallest absolute Gasteiger partial charge is 0.164 e. The first-order chi connectivity index (χ1) is 30.1. The molecular formula is C54H31N7. The fourth-order valence-electron chi connectivity index (χ4n) is 7.96. The number of hydrogen-bond donors (Lipinski definition) is 0. The fourth-order valence-corrected chi connectivity index (χ4v) is 7.96. The van der Waals surface area contributed by atoms with Crippen molar-refractivity contribution in [1.82, 2.24) is 19.5 Å². The molecule has 7 heteroatoms. The molecule has 0 atom stereocenters. The Labute approximate surface area is 352 Å². The second kappa shape index (κ2) is 15.4. The summed E-state index contributed by atoms with van der Waals surface area (Å²) in [4.78, 5) is 15.2. The van der Waals surface area contributed by atoms with E-state index in [1.165, 1.54) is 0 Å². The van der Waals surface area contributed by atoms with Crippen molar-refractivity contribution in [2.75, 3.05) is 0 Å². The number of fused-ring (bicyclic) bond motifs is 3. The predicted molar refractivity (Wildman–Crippen MR) is 241 cm³/mol. The van der Waals surface area contributed by atoms with Gasteiger partial charge in [-0.2, -0.15) is 15.8 Å². The van der Waals surface area contributed by atoms with Crippen molar-refractivity contribution in [2.45, 2.75) is 0 Å². The third-order valence-electron chi connectivity index (χ3n) is 11.0. The summed E-state index contributed by atoms with van der Waals surface area (Å²) in [7, 11) is 0. The monoisotopic (exact) mass is 777 g/mol. The number of para-hydroxylation sites is 1. The number of aromatic nitrogens is 4. The van der Waals surface area contributed by atoms with E-state index in [1.54, 1.807) is 0 Å². The number of nitriles is 3. The molecule has 0 unspecified atom stereocenters. The first-order valence-electron chi connectivity index (χ1n) is 19.7. The van der Waals surface area contributed by atoms with Crippen LogP contribution in [0.1, 0.15) is 16.7 Å². The molecule has 0 radical (unpaired) electrons. The van der Waals surface area contributed by atoms with Crippen LogP contribution in [-0.2, 0) is 0 Å². The van der Waals surface area contributed by atoms with Gasteiger partial charge in [-0.1, -0.05) is 121 Å². The van der Waals surface area contributed by atoms with E-state index in [0.29, 0.717) is 34.2 Å². The van der Waals surface area contributed by atoms with Crippen molar-refractivity contribution in [1.29, 1.82) is 15.8 Å². The van der Waals surface area contributed by atoms with Crippen LogP contribution in [0.3, 0.4) is 0 Å². The average molecular weight is 778 g/mol. The van der Waals surface area contributed by atoms with E-state index in [1.807, 2.05) is 133 Å². The number of nitrogens with zero attached hydrogens (tertiary/aromatic N) is 7. The van der Waals surface area contributed by atoms with Crippen molar-refractivity contribution in [3.05, 3.63) is 205 Å². The SMILES string of the molecule is N#Cc1ccc(-c2ccc3c(c2)c2ccccc2n3-c2c(-c3ccc(C#N)cc3)cc(-c3nc(-c4ccccc4)nc(-c4ccccc4)n3)cc2-c2ccc(C#N)cc2)cc1. The topological polar surface area (TPSA) is 115 Å². The molecule has 282 valence electrons. The maximum Gasteiger partial charge on any atom is 0.164 e. The minimum absolute atomic E-state index is 0.498. The molecule has 8 aromatic carbocycles. The van der Waals surface area contributed by atoms with Gasteiger partial charge in [0.05, 0.1) is 51.6 Å². The second-order valence-electron chi connectivity index (χ2n) is 14.6. The molecule has 0 saturated heterocycles. The number of benzene rings is 8. The molecule has 0 aliphatic carbocycles. The Kier molecular flexibility index (Phi) is 9.20. The molecule has 61 heavy (non-hydrogen) atoms.